The minimum atomic E-state index is -4.24. The fraction of sp³-hybridized carbons (Fsp3) is 0.127. The molecule has 8 aromatic carbocycles. The van der Waals surface area contributed by atoms with Crippen molar-refractivity contribution in [3.05, 3.63) is 220 Å². The van der Waals surface area contributed by atoms with Gasteiger partial charge in [-0.25, -0.2) is 0 Å². The molecule has 0 unspecified atom stereocenters. The van der Waals surface area contributed by atoms with Crippen LogP contribution in [0.2, 0.25) is 0 Å². The number of anilines is 3. The molecule has 0 heterocycles. The fourth-order valence-electron chi connectivity index (χ4n) is 8.40. The predicted molar refractivity (Wildman–Crippen MR) is 233 cm³/mol. The van der Waals surface area contributed by atoms with E-state index >= 15 is 0 Å². The summed E-state index contributed by atoms with van der Waals surface area (Å²) >= 11 is 0. The molecule has 0 N–H and O–H groups in total. The Labute approximate surface area is 387 Å². The third-order valence-electron chi connectivity index (χ3n) is 10.6. The number of nitrogens with zero attached hydrogens (tertiary/aromatic N) is 1. The van der Waals surface area contributed by atoms with Gasteiger partial charge in [-0.2, -0.15) is 0 Å². The summed E-state index contributed by atoms with van der Waals surface area (Å²) in [5.74, 6) is 0. The van der Waals surface area contributed by atoms with Crippen LogP contribution in [0.4, 0.5) is 17.1 Å². The van der Waals surface area contributed by atoms with Crippen molar-refractivity contribution in [1.82, 2.24) is 0 Å². The quantitative estimate of drug-likeness (QED) is 0.174. The Hall–Kier alpha value is -6.44. The maximum Gasteiger partial charge on any atom is 0.0726 e. The maximum absolute atomic E-state index is 10.6. The van der Waals surface area contributed by atoms with E-state index in [4.69, 9.17) is 11.0 Å². The largest absolute Gasteiger partial charge is 0.309 e. The molecule has 0 aromatic heterocycles. The first kappa shape index (κ1) is 11.3. The van der Waals surface area contributed by atoms with Gasteiger partial charge in [0.1, 0.15) is 0 Å². The molecule has 4 aliphatic rings. The molecule has 0 amide bonds. The van der Waals surface area contributed by atoms with Crippen molar-refractivity contribution in [3.8, 4) is 44.5 Å². The van der Waals surface area contributed by atoms with Crippen LogP contribution in [0.5, 0.6) is 0 Å². The molecule has 0 atom stereocenters. The van der Waals surface area contributed by atoms with E-state index in [-0.39, 0.29) is 4.90 Å². The summed E-state index contributed by atoms with van der Waals surface area (Å²) < 4.78 is 386. The summed E-state index contributed by atoms with van der Waals surface area (Å²) in [6.07, 6.45) is 0. The Morgan fingerprint density at radius 2 is 0.750 bits per heavy atom. The molecular formula is C55H41N. The van der Waals surface area contributed by atoms with E-state index in [0.29, 0.717) is 0 Å². The van der Waals surface area contributed by atoms with E-state index in [2.05, 4.69) is 0 Å². The third kappa shape index (κ3) is 3.76. The van der Waals surface area contributed by atoms with Crippen LogP contribution in [-0.2, 0) is 16.2 Å². The van der Waals surface area contributed by atoms with E-state index < -0.39 is 325 Å². The van der Waals surface area contributed by atoms with Crippen molar-refractivity contribution >= 4 is 17.1 Å². The molecule has 0 saturated heterocycles. The molecule has 0 saturated carbocycles. The Morgan fingerprint density at radius 1 is 0.357 bits per heavy atom. The van der Waals surface area contributed by atoms with Crippen LogP contribution in [0.15, 0.2) is 175 Å². The van der Waals surface area contributed by atoms with Gasteiger partial charge in [0.25, 0.3) is 0 Å². The minimum absolute atomic E-state index is 0.0871. The molecule has 8 aromatic rings. The topological polar surface area (TPSA) is 3.24 Å². The van der Waals surface area contributed by atoms with Gasteiger partial charge in [-0.3, -0.25) is 0 Å². The van der Waals surface area contributed by atoms with Crippen molar-refractivity contribution in [2.45, 2.75) is 43.7 Å². The van der Waals surface area contributed by atoms with Crippen LogP contribution in [0.25, 0.3) is 44.5 Å². The Morgan fingerprint density at radius 3 is 1.34 bits per heavy atom. The number of hydrogen-bond acceptors (Lipinski definition) is 1. The highest BCUT2D eigenvalue weighted by Crippen LogP contribution is 2.65. The van der Waals surface area contributed by atoms with Crippen molar-refractivity contribution < 1.29 is 56.2 Å². The van der Waals surface area contributed by atoms with E-state index in [1.54, 1.807) is 0 Å². The van der Waals surface area contributed by atoms with Gasteiger partial charge in [0.05, 0.1) is 56.5 Å². The zero-order valence-electron chi connectivity index (χ0n) is 68.9. The highest BCUT2D eigenvalue weighted by molar-refractivity contribution is 6.04. The Kier molecular flexibility index (Phi) is 2.20. The molecule has 4 aliphatic carbocycles. The predicted octanol–water partition coefficient (Wildman–Crippen LogP) is 14.1. The second kappa shape index (κ2) is 10.9. The molecule has 56 heavy (non-hydrogen) atoms. The molecule has 0 aliphatic heterocycles. The van der Waals surface area contributed by atoms with E-state index in [1.165, 1.54) is 0 Å². The molecule has 1 spiro atoms. The summed E-state index contributed by atoms with van der Waals surface area (Å²) in [4.78, 5) is 0.0871. The lowest BCUT2D eigenvalue weighted by Crippen LogP contribution is -2.26. The normalized spacial score (nSPS) is 27.2. The lowest BCUT2D eigenvalue weighted by atomic mass is 9.70. The smallest absolute Gasteiger partial charge is 0.0726 e. The van der Waals surface area contributed by atoms with Crippen LogP contribution >= 0.6 is 0 Å². The van der Waals surface area contributed by atoms with Crippen LogP contribution in [-0.4, -0.2) is 0 Å². The van der Waals surface area contributed by atoms with E-state index in [0.717, 1.165) is 0 Å². The summed E-state index contributed by atoms with van der Waals surface area (Å²) in [5.41, 5.74) is -34.8. The highest BCUT2D eigenvalue weighted by Gasteiger charge is 2.52. The van der Waals surface area contributed by atoms with Gasteiger partial charge in [-0.05, 0) is 102 Å². The van der Waals surface area contributed by atoms with Crippen molar-refractivity contribution in [2.75, 3.05) is 4.90 Å². The fourth-order valence-corrected chi connectivity index (χ4v) is 8.40. The first-order valence-electron chi connectivity index (χ1n) is 37.2. The second-order valence-electron chi connectivity index (χ2n) is 13.3. The van der Waals surface area contributed by atoms with Crippen molar-refractivity contribution in [2.24, 2.45) is 0 Å². The van der Waals surface area contributed by atoms with Crippen LogP contribution in [0, 0.1) is 0 Å². The molecule has 0 radical (unpaired) electrons. The lowest BCUT2D eigenvalue weighted by molar-refractivity contribution is 0.660. The van der Waals surface area contributed by atoms with Gasteiger partial charge in [0, 0.05) is 44.1 Å². The van der Waals surface area contributed by atoms with Gasteiger partial charge < -0.3 is 4.90 Å². The maximum atomic E-state index is 10.6. The molecule has 0 bridgehead atoms. The average Bonchev–Trinajstić information content (AvgIpc) is 1.49. The van der Waals surface area contributed by atoms with Gasteiger partial charge in [-0.1, -0.05) is 178 Å². The van der Waals surface area contributed by atoms with Gasteiger partial charge in [0.15, 0.2) is 0 Å². The third-order valence-corrected chi connectivity index (χ3v) is 10.6. The monoisotopic (exact) mass is 757 g/mol. The summed E-state index contributed by atoms with van der Waals surface area (Å²) in [6, 6.07) is -39.0. The SMILES string of the molecule is [2H]c1c([2H])c([2H])c2c(c1[2H])-c1c([2H])c([2H])c([2H])c([2H])c1C21c2c([2H])c([2H])c([2H])c([2H])c2-c2c(N(c3c([2H])c([2H])c4c(c3[2H])C(C([2H])([2H])[2H])(C([2H])([2H])[2H])c3c([2H])c([2H])c([2H])c([2H])c3-4)c3c([2H])c([2H])c([2H])c4c3-c3c([2H])c([2H])c([2H])c([2H])c3C4(C([2H])([2H])[2H])C([2H])([2H])[2H])c([2H])c([2H])c([2H])c21. The zero-order chi connectivity index (χ0) is 72.8. The zero-order valence-corrected chi connectivity index (χ0v) is 27.9. The number of fused-ring (bicyclic) bond motifs is 16. The summed E-state index contributed by atoms with van der Waals surface area (Å²) in [7, 11) is 0. The van der Waals surface area contributed by atoms with Crippen LogP contribution < -0.4 is 4.90 Å². The van der Waals surface area contributed by atoms with Crippen LogP contribution in [0.3, 0.4) is 0 Å². The van der Waals surface area contributed by atoms with Gasteiger partial charge >= 0.3 is 0 Å². The van der Waals surface area contributed by atoms with E-state index in [9.17, 15) is 45.2 Å². The van der Waals surface area contributed by atoms with Crippen molar-refractivity contribution in [1.29, 1.82) is 0 Å². The number of benzene rings is 8. The molecule has 0 fully saturated rings. The Bertz CT molecular complexity index is 5000. The first-order valence-corrected chi connectivity index (χ1v) is 16.7. The standard InChI is InChI=1S/C55H41N/c1-53(2)42-23-11-8-20-39(42)51-46(53)27-15-29-49(51)56(34-31-32-38-35-17-5-10-22-41(35)54(3,4)48(38)33-34)50-30-16-28-47-52(50)40-21-9-14-26-45(40)55(47)43-24-12-6-18-36(43)37-19-7-13-25-44(37)55/h5-33H,1-4H3/i1D3,2D3,3D3,4D3,5D,6D,7D,8D,9D,10D,11D,12D,13D,14D,15D,16D,17D,18D,19D,20D,21D,22D,23D,24D,25D,26D,27D,28D,29D,30D,31D,32D,33D. The lowest BCUT2D eigenvalue weighted by Gasteiger charge is -2.33. The minimum Gasteiger partial charge on any atom is -0.309 e. The summed E-state index contributed by atoms with van der Waals surface area (Å²) in [6.45, 7) is -16.9. The second-order valence-corrected chi connectivity index (χ2v) is 13.3. The highest BCUT2D eigenvalue weighted by atomic mass is 15.1. The van der Waals surface area contributed by atoms with Gasteiger partial charge in [0.2, 0.25) is 0 Å². The first-order chi connectivity index (χ1) is 44.4. The summed E-state index contributed by atoms with van der Waals surface area (Å²) in [5, 5.41) is 0. The van der Waals surface area contributed by atoms with Crippen molar-refractivity contribution in [3.63, 3.8) is 0 Å². The molecule has 12 rings (SSSR count). The molecule has 266 valence electrons. The Balaban J connectivity index is 1.48. The number of rotatable bonds is 3. The van der Waals surface area contributed by atoms with Crippen LogP contribution in [0.1, 0.15) is 128 Å². The van der Waals surface area contributed by atoms with Gasteiger partial charge in [-0.15, -0.1) is 0 Å². The molecular weight excluding hydrogens is 675 g/mol. The molecule has 1 heteroatoms. The van der Waals surface area contributed by atoms with E-state index in [1.807, 2.05) is 0 Å². The molecule has 1 nitrogen and oxygen atoms in total. The average molecular weight is 757 g/mol. The number of hydrogen-bond donors (Lipinski definition) is 0.